The van der Waals surface area contributed by atoms with Crippen molar-refractivity contribution in [1.29, 1.82) is 0 Å². The van der Waals surface area contributed by atoms with Crippen LogP contribution in [0.4, 0.5) is 10.2 Å². The van der Waals surface area contributed by atoms with Crippen LogP contribution in [0.1, 0.15) is 10.5 Å². The van der Waals surface area contributed by atoms with Gasteiger partial charge in [-0.3, -0.25) is 9.71 Å². The van der Waals surface area contributed by atoms with Gasteiger partial charge in [0.15, 0.2) is 5.69 Å². The Morgan fingerprint density at radius 2 is 2.05 bits per heavy atom. The molecule has 0 fully saturated rings. The lowest BCUT2D eigenvalue weighted by atomic mass is 10.3. The maximum atomic E-state index is 13.0. The zero-order chi connectivity index (χ0) is 14.8. The molecule has 2 N–H and O–H groups in total. The van der Waals surface area contributed by atoms with Crippen molar-refractivity contribution in [3.63, 3.8) is 0 Å². The van der Waals surface area contributed by atoms with E-state index in [1.165, 1.54) is 18.2 Å². The first-order chi connectivity index (χ1) is 9.38. The van der Waals surface area contributed by atoms with Gasteiger partial charge in [0, 0.05) is 6.20 Å². The maximum Gasteiger partial charge on any atom is 0.354 e. The van der Waals surface area contributed by atoms with Crippen LogP contribution >= 0.6 is 0 Å². The van der Waals surface area contributed by atoms with Crippen molar-refractivity contribution in [1.82, 2.24) is 9.97 Å². The highest BCUT2D eigenvalue weighted by atomic mass is 32.2. The molecule has 0 radical (unpaired) electrons. The highest BCUT2D eigenvalue weighted by Crippen LogP contribution is 2.14. The van der Waals surface area contributed by atoms with Crippen LogP contribution in [-0.4, -0.2) is 29.5 Å². The van der Waals surface area contributed by atoms with Gasteiger partial charge in [0.05, 0.1) is 6.20 Å². The summed E-state index contributed by atoms with van der Waals surface area (Å²) in [7, 11) is -4.09. The lowest BCUT2D eigenvalue weighted by Gasteiger charge is -2.07. The minimum atomic E-state index is -4.09. The summed E-state index contributed by atoms with van der Waals surface area (Å²) < 4.78 is 38.9. The Bertz CT molecular complexity index is 764. The summed E-state index contributed by atoms with van der Waals surface area (Å²) in [5.74, 6) is -2.28. The molecule has 0 amide bonds. The number of carboxylic acid groups (broad SMARTS) is 1. The van der Waals surface area contributed by atoms with Crippen molar-refractivity contribution >= 4 is 21.8 Å². The minimum absolute atomic E-state index is 0.186. The SMILES string of the molecule is O=C(O)c1cccc(NS(=O)(=O)c2cncc(F)c2)n1. The van der Waals surface area contributed by atoms with Crippen molar-refractivity contribution in [3.8, 4) is 0 Å². The lowest BCUT2D eigenvalue weighted by molar-refractivity contribution is 0.0690. The van der Waals surface area contributed by atoms with Gasteiger partial charge in [-0.2, -0.15) is 0 Å². The van der Waals surface area contributed by atoms with Crippen LogP contribution in [0.15, 0.2) is 41.6 Å². The van der Waals surface area contributed by atoms with Gasteiger partial charge in [-0.25, -0.2) is 22.6 Å². The van der Waals surface area contributed by atoms with Gasteiger partial charge in [0.1, 0.15) is 16.5 Å². The van der Waals surface area contributed by atoms with Gasteiger partial charge in [0.2, 0.25) is 0 Å². The zero-order valence-corrected chi connectivity index (χ0v) is 10.6. The molecule has 2 heterocycles. The number of aromatic carboxylic acids is 1. The molecule has 20 heavy (non-hydrogen) atoms. The van der Waals surface area contributed by atoms with Crippen LogP contribution in [0.5, 0.6) is 0 Å². The number of hydrogen-bond donors (Lipinski definition) is 2. The second kappa shape index (κ2) is 5.21. The third-order valence-electron chi connectivity index (χ3n) is 2.20. The van der Waals surface area contributed by atoms with Crippen molar-refractivity contribution < 1.29 is 22.7 Å². The summed E-state index contributed by atoms with van der Waals surface area (Å²) in [4.78, 5) is 17.4. The number of rotatable bonds is 4. The topological polar surface area (TPSA) is 109 Å². The zero-order valence-electron chi connectivity index (χ0n) is 9.82. The van der Waals surface area contributed by atoms with E-state index < -0.39 is 21.8 Å². The number of nitrogens with zero attached hydrogens (tertiary/aromatic N) is 2. The van der Waals surface area contributed by atoms with Crippen LogP contribution in [-0.2, 0) is 10.0 Å². The number of anilines is 1. The Kier molecular flexibility index (Phi) is 3.61. The van der Waals surface area contributed by atoms with E-state index in [0.717, 1.165) is 18.5 Å². The van der Waals surface area contributed by atoms with Crippen LogP contribution in [0, 0.1) is 5.82 Å². The number of hydrogen-bond acceptors (Lipinski definition) is 5. The van der Waals surface area contributed by atoms with Gasteiger partial charge in [-0.1, -0.05) is 6.07 Å². The number of sulfonamides is 1. The van der Waals surface area contributed by atoms with Crippen molar-refractivity contribution in [2.45, 2.75) is 4.90 Å². The molecule has 0 saturated heterocycles. The smallest absolute Gasteiger partial charge is 0.354 e. The van der Waals surface area contributed by atoms with Crippen molar-refractivity contribution in [3.05, 3.63) is 48.2 Å². The molecule has 0 aromatic carbocycles. The van der Waals surface area contributed by atoms with E-state index in [9.17, 15) is 17.6 Å². The molecular formula is C11H8FN3O4S. The number of carbonyl (C=O) groups is 1. The maximum absolute atomic E-state index is 13.0. The quantitative estimate of drug-likeness (QED) is 0.875. The Labute approximate surface area is 113 Å². The van der Waals surface area contributed by atoms with Gasteiger partial charge >= 0.3 is 5.97 Å². The highest BCUT2D eigenvalue weighted by molar-refractivity contribution is 7.92. The molecule has 0 atom stereocenters. The molecule has 0 unspecified atom stereocenters. The summed E-state index contributed by atoms with van der Waals surface area (Å²) in [6.07, 6.45) is 1.83. The molecule has 2 rings (SSSR count). The minimum Gasteiger partial charge on any atom is -0.477 e. The first kappa shape index (κ1) is 13.9. The van der Waals surface area contributed by atoms with E-state index in [1.54, 1.807) is 0 Å². The van der Waals surface area contributed by atoms with E-state index in [1.807, 2.05) is 4.72 Å². The summed E-state index contributed by atoms with van der Waals surface area (Å²) in [5.41, 5.74) is -0.317. The largest absolute Gasteiger partial charge is 0.477 e. The Balaban J connectivity index is 2.33. The summed E-state index contributed by atoms with van der Waals surface area (Å²) in [6, 6.07) is 4.61. The molecular weight excluding hydrogens is 289 g/mol. The third-order valence-corrected chi connectivity index (χ3v) is 3.52. The van der Waals surface area contributed by atoms with Crippen LogP contribution in [0.2, 0.25) is 0 Å². The van der Waals surface area contributed by atoms with Gasteiger partial charge in [-0.05, 0) is 18.2 Å². The third kappa shape index (κ3) is 3.06. The number of pyridine rings is 2. The molecule has 0 aliphatic rings. The normalized spacial score (nSPS) is 11.1. The predicted octanol–water partition coefficient (Wildman–Crippen LogP) is 1.11. The Morgan fingerprint density at radius 1 is 1.30 bits per heavy atom. The van der Waals surface area contributed by atoms with E-state index >= 15 is 0 Å². The number of halogens is 1. The summed E-state index contributed by atoms with van der Waals surface area (Å²) >= 11 is 0. The Morgan fingerprint density at radius 3 is 2.70 bits per heavy atom. The molecule has 0 spiro atoms. The molecule has 9 heteroatoms. The molecule has 2 aromatic rings. The van der Waals surface area contributed by atoms with Gasteiger partial charge in [0.25, 0.3) is 10.0 Å². The van der Waals surface area contributed by atoms with Crippen LogP contribution < -0.4 is 4.72 Å². The van der Waals surface area contributed by atoms with Crippen molar-refractivity contribution in [2.75, 3.05) is 4.72 Å². The summed E-state index contributed by atoms with van der Waals surface area (Å²) in [6.45, 7) is 0. The average molecular weight is 297 g/mol. The van der Waals surface area contributed by atoms with Crippen LogP contribution in [0.25, 0.3) is 0 Å². The van der Waals surface area contributed by atoms with Crippen molar-refractivity contribution in [2.24, 2.45) is 0 Å². The monoisotopic (exact) mass is 297 g/mol. The lowest BCUT2D eigenvalue weighted by Crippen LogP contribution is -2.15. The molecule has 0 bridgehead atoms. The predicted molar refractivity (Wildman–Crippen MR) is 66.2 cm³/mol. The van der Waals surface area contributed by atoms with Gasteiger partial charge in [-0.15, -0.1) is 0 Å². The average Bonchev–Trinajstić information content (AvgIpc) is 2.38. The number of nitrogens with one attached hydrogen (secondary N) is 1. The van der Waals surface area contributed by atoms with Crippen LogP contribution in [0.3, 0.4) is 0 Å². The Hall–Kier alpha value is -2.55. The number of carboxylic acids is 1. The first-order valence-corrected chi connectivity index (χ1v) is 6.70. The van der Waals surface area contributed by atoms with E-state index in [4.69, 9.17) is 5.11 Å². The fourth-order valence-corrected chi connectivity index (χ4v) is 2.32. The molecule has 104 valence electrons. The van der Waals surface area contributed by atoms with E-state index in [-0.39, 0.29) is 16.4 Å². The summed E-state index contributed by atoms with van der Waals surface area (Å²) in [5, 5.41) is 8.76. The molecule has 7 nitrogen and oxygen atoms in total. The molecule has 0 saturated carbocycles. The highest BCUT2D eigenvalue weighted by Gasteiger charge is 2.17. The fourth-order valence-electron chi connectivity index (χ4n) is 1.35. The number of aromatic nitrogens is 2. The molecule has 0 aliphatic carbocycles. The van der Waals surface area contributed by atoms with E-state index in [0.29, 0.717) is 0 Å². The second-order valence-corrected chi connectivity index (χ2v) is 5.34. The first-order valence-electron chi connectivity index (χ1n) is 5.22. The van der Waals surface area contributed by atoms with Gasteiger partial charge < -0.3 is 5.11 Å². The fraction of sp³-hybridized carbons (Fsp3) is 0. The standard InChI is InChI=1S/C11H8FN3O4S/c12-7-4-8(6-13-5-7)20(18,19)15-10-3-1-2-9(14-10)11(16)17/h1-6H,(H,14,15)(H,16,17). The van der Waals surface area contributed by atoms with E-state index in [2.05, 4.69) is 9.97 Å². The molecule has 0 aliphatic heterocycles. The second-order valence-electron chi connectivity index (χ2n) is 3.66. The molecule has 2 aromatic heterocycles.